The van der Waals surface area contributed by atoms with Gasteiger partial charge in [-0.3, -0.25) is 0 Å². The van der Waals surface area contributed by atoms with Crippen molar-refractivity contribution in [1.29, 1.82) is 0 Å². The average molecular weight is 230 g/mol. The van der Waals surface area contributed by atoms with Crippen LogP contribution in [-0.4, -0.2) is 0 Å². The van der Waals surface area contributed by atoms with E-state index in [9.17, 15) is 0 Å². The van der Waals surface area contributed by atoms with Crippen LogP contribution < -0.4 is 0 Å². The summed E-state index contributed by atoms with van der Waals surface area (Å²) in [6.07, 6.45) is 19.2. The highest BCUT2D eigenvalue weighted by atomic mass is 16.3. The monoisotopic (exact) mass is 230 g/mol. The maximum atomic E-state index is 4.58. The van der Waals surface area contributed by atoms with Crippen LogP contribution >= 0.6 is 0 Å². The fourth-order valence-electron chi connectivity index (χ4n) is 2.49. The third-order valence-corrected chi connectivity index (χ3v) is 3.42. The number of rotatable bonds is 1. The van der Waals surface area contributed by atoms with Crippen molar-refractivity contribution in [3.8, 4) is 0 Å². The molecule has 0 amide bonds. The number of hydrogen-bond acceptors (Lipinski definition) is 1. The molecule has 0 saturated carbocycles. The fourth-order valence-corrected chi connectivity index (χ4v) is 2.49. The molecule has 0 saturated heterocycles. The summed E-state index contributed by atoms with van der Waals surface area (Å²) >= 11 is 0. The van der Waals surface area contributed by atoms with Gasteiger partial charge in [0, 0.05) is 0 Å². The molecular formula is C16H22O. The molecule has 0 N–H and O–H groups in total. The Hall–Kier alpha value is -1.24. The Morgan fingerprint density at radius 3 is 1.53 bits per heavy atom. The largest absolute Gasteiger partial charge is 0.473 e. The first kappa shape index (κ1) is 12.2. The molecule has 2 aliphatic rings. The van der Waals surface area contributed by atoms with Gasteiger partial charge in [0.05, 0.1) is 12.5 Å². The Morgan fingerprint density at radius 1 is 0.706 bits per heavy atom. The van der Waals surface area contributed by atoms with E-state index < -0.39 is 0 Å². The van der Waals surface area contributed by atoms with E-state index in [2.05, 4.69) is 16.6 Å². The molecule has 1 aromatic rings. The van der Waals surface area contributed by atoms with Gasteiger partial charge >= 0.3 is 0 Å². The van der Waals surface area contributed by atoms with Gasteiger partial charge in [0.15, 0.2) is 0 Å². The normalized spacial score (nSPS) is 19.8. The average Bonchev–Trinajstić information content (AvgIpc) is 3.00. The van der Waals surface area contributed by atoms with Gasteiger partial charge in [-0.05, 0) is 74.6 Å². The van der Waals surface area contributed by atoms with Crippen LogP contribution in [0.3, 0.4) is 0 Å². The zero-order valence-corrected chi connectivity index (χ0v) is 10.5. The highest BCUT2D eigenvalue weighted by Crippen LogP contribution is 2.30. The van der Waals surface area contributed by atoms with Crippen LogP contribution in [0.1, 0.15) is 51.4 Å². The van der Waals surface area contributed by atoms with E-state index in [-0.39, 0.29) is 0 Å². The molecule has 92 valence electrons. The molecule has 1 nitrogen and oxygen atoms in total. The zero-order valence-electron chi connectivity index (χ0n) is 10.5. The second kappa shape index (κ2) is 7.16. The molecule has 1 heteroatoms. The molecule has 0 aromatic carbocycles. The molecule has 0 fully saturated rings. The van der Waals surface area contributed by atoms with E-state index in [0.717, 1.165) is 0 Å². The van der Waals surface area contributed by atoms with Crippen LogP contribution in [0.15, 0.2) is 52.4 Å². The van der Waals surface area contributed by atoms with Crippen molar-refractivity contribution in [1.82, 2.24) is 0 Å². The van der Waals surface area contributed by atoms with Crippen LogP contribution in [0.25, 0.3) is 0 Å². The molecule has 0 radical (unpaired) electrons. The maximum Gasteiger partial charge on any atom is 0.0902 e. The Bertz CT molecular complexity index is 316. The standard InChI is InChI=1S/C12H18.C4H4O/c1-3-7-11(8-4-1)12-9-5-2-6-10-12;1-2-4-5-3-1/h7,9H,1-6,8,10H2;1-4H. The summed E-state index contributed by atoms with van der Waals surface area (Å²) < 4.78 is 4.58. The predicted molar refractivity (Wildman–Crippen MR) is 71.8 cm³/mol. The van der Waals surface area contributed by atoms with Crippen LogP contribution in [0.4, 0.5) is 0 Å². The first-order valence-corrected chi connectivity index (χ1v) is 6.82. The minimum atomic E-state index is 1.33. The second-order valence-electron chi connectivity index (χ2n) is 4.74. The third-order valence-electron chi connectivity index (χ3n) is 3.42. The summed E-state index contributed by atoms with van der Waals surface area (Å²) in [5.41, 5.74) is 3.36. The Balaban J connectivity index is 0.000000181. The highest BCUT2D eigenvalue weighted by Gasteiger charge is 2.10. The van der Waals surface area contributed by atoms with Gasteiger partial charge in [-0.1, -0.05) is 12.2 Å². The Morgan fingerprint density at radius 2 is 1.24 bits per heavy atom. The first-order valence-electron chi connectivity index (χ1n) is 6.82. The quantitative estimate of drug-likeness (QED) is 0.640. The number of allylic oxidation sites excluding steroid dienone is 4. The minimum Gasteiger partial charge on any atom is -0.473 e. The van der Waals surface area contributed by atoms with Crippen molar-refractivity contribution in [2.75, 3.05) is 0 Å². The highest BCUT2D eigenvalue weighted by molar-refractivity contribution is 5.32. The van der Waals surface area contributed by atoms with Crippen LogP contribution in [0.2, 0.25) is 0 Å². The summed E-state index contributed by atoms with van der Waals surface area (Å²) in [7, 11) is 0. The van der Waals surface area contributed by atoms with Crippen molar-refractivity contribution in [2.24, 2.45) is 0 Å². The summed E-state index contributed by atoms with van der Waals surface area (Å²) in [5, 5.41) is 0. The summed E-state index contributed by atoms with van der Waals surface area (Å²) in [6, 6.07) is 3.67. The number of hydrogen-bond donors (Lipinski definition) is 0. The molecule has 2 aliphatic carbocycles. The predicted octanol–water partition coefficient (Wildman–Crippen LogP) is 5.27. The summed E-state index contributed by atoms with van der Waals surface area (Å²) in [5.74, 6) is 0. The molecule has 3 rings (SSSR count). The molecule has 1 heterocycles. The molecule has 1 aromatic heterocycles. The molecule has 0 bridgehead atoms. The SMILES string of the molecule is C1=C(C2=CCCCC2)CCCC1.c1ccoc1. The van der Waals surface area contributed by atoms with Gasteiger partial charge in [0.2, 0.25) is 0 Å². The maximum absolute atomic E-state index is 4.58. The van der Waals surface area contributed by atoms with E-state index in [1.165, 1.54) is 51.4 Å². The Labute approximate surface area is 104 Å². The van der Waals surface area contributed by atoms with Gasteiger partial charge in [0.1, 0.15) is 0 Å². The van der Waals surface area contributed by atoms with Crippen molar-refractivity contribution >= 4 is 0 Å². The number of furan rings is 1. The van der Waals surface area contributed by atoms with E-state index >= 15 is 0 Å². The van der Waals surface area contributed by atoms with Crippen molar-refractivity contribution in [3.63, 3.8) is 0 Å². The van der Waals surface area contributed by atoms with Crippen LogP contribution in [0, 0.1) is 0 Å². The van der Waals surface area contributed by atoms with Crippen LogP contribution in [-0.2, 0) is 0 Å². The topological polar surface area (TPSA) is 13.1 Å². The van der Waals surface area contributed by atoms with Gasteiger partial charge < -0.3 is 4.42 Å². The molecular weight excluding hydrogens is 208 g/mol. The molecule has 0 atom stereocenters. The lowest BCUT2D eigenvalue weighted by Gasteiger charge is -2.19. The molecule has 0 aliphatic heterocycles. The van der Waals surface area contributed by atoms with Gasteiger partial charge in [-0.25, -0.2) is 0 Å². The smallest absolute Gasteiger partial charge is 0.0902 e. The molecule has 17 heavy (non-hydrogen) atoms. The van der Waals surface area contributed by atoms with Gasteiger partial charge in [0.25, 0.3) is 0 Å². The van der Waals surface area contributed by atoms with E-state index in [4.69, 9.17) is 0 Å². The minimum absolute atomic E-state index is 1.33. The fraction of sp³-hybridized carbons (Fsp3) is 0.500. The van der Waals surface area contributed by atoms with E-state index in [0.29, 0.717) is 0 Å². The van der Waals surface area contributed by atoms with Crippen molar-refractivity contribution in [3.05, 3.63) is 48.0 Å². The Kier molecular flexibility index (Phi) is 5.15. The summed E-state index contributed by atoms with van der Waals surface area (Å²) in [6.45, 7) is 0. The summed E-state index contributed by atoms with van der Waals surface area (Å²) in [4.78, 5) is 0. The lowest BCUT2D eigenvalue weighted by molar-refractivity contribution is 0.567. The van der Waals surface area contributed by atoms with Crippen molar-refractivity contribution in [2.45, 2.75) is 51.4 Å². The molecule has 0 spiro atoms. The first-order chi connectivity index (χ1) is 8.47. The second-order valence-corrected chi connectivity index (χ2v) is 4.74. The van der Waals surface area contributed by atoms with Gasteiger partial charge in [-0.15, -0.1) is 0 Å². The van der Waals surface area contributed by atoms with E-state index in [1.807, 2.05) is 12.1 Å². The van der Waals surface area contributed by atoms with Gasteiger partial charge in [-0.2, -0.15) is 0 Å². The zero-order chi connectivity index (χ0) is 11.8. The van der Waals surface area contributed by atoms with Crippen LogP contribution in [0.5, 0.6) is 0 Å². The third kappa shape index (κ3) is 4.26. The van der Waals surface area contributed by atoms with Crippen molar-refractivity contribution < 1.29 is 4.42 Å². The van der Waals surface area contributed by atoms with E-state index in [1.54, 1.807) is 23.7 Å². The molecule has 0 unspecified atom stereocenters. The lowest BCUT2D eigenvalue weighted by Crippen LogP contribution is -1.99. The lowest BCUT2D eigenvalue weighted by atomic mass is 9.87.